The number of hydrogen-bond acceptors (Lipinski definition) is 3. The van der Waals surface area contributed by atoms with Gasteiger partial charge in [0.05, 0.1) is 18.0 Å². The van der Waals surface area contributed by atoms with E-state index in [0.29, 0.717) is 11.6 Å². The Morgan fingerprint density at radius 1 is 1.33 bits per heavy atom. The van der Waals surface area contributed by atoms with Crippen LogP contribution in [0, 0.1) is 5.92 Å². The van der Waals surface area contributed by atoms with Crippen LogP contribution in [0.2, 0.25) is 0 Å². The molecule has 2 aromatic heterocycles. The van der Waals surface area contributed by atoms with Crippen LogP contribution in [-0.4, -0.2) is 38.8 Å². The molecule has 1 N–H and O–H groups in total. The van der Waals surface area contributed by atoms with E-state index in [9.17, 15) is 4.79 Å². The van der Waals surface area contributed by atoms with Gasteiger partial charge in [0.15, 0.2) is 0 Å². The topological polar surface area (TPSA) is 61.9 Å². The molecular weight excluding hydrogens is 300 g/mol. The van der Waals surface area contributed by atoms with Gasteiger partial charge in [0.25, 0.3) is 5.91 Å². The Kier molecular flexibility index (Phi) is 3.99. The van der Waals surface area contributed by atoms with Crippen LogP contribution in [0.25, 0.3) is 10.9 Å². The summed E-state index contributed by atoms with van der Waals surface area (Å²) in [5.41, 5.74) is 2.92. The highest BCUT2D eigenvalue weighted by Crippen LogP contribution is 2.23. The first kappa shape index (κ1) is 14.9. The zero-order valence-corrected chi connectivity index (χ0v) is 13.5. The number of aromatic nitrogens is 3. The molecule has 1 unspecified atom stereocenters. The van der Waals surface area contributed by atoms with E-state index >= 15 is 0 Å². The van der Waals surface area contributed by atoms with E-state index in [1.54, 1.807) is 12.5 Å². The molecular formula is C19H20N4O. The van der Waals surface area contributed by atoms with Crippen LogP contribution in [-0.2, 0) is 6.42 Å². The number of benzene rings is 1. The number of imidazole rings is 1. The molecule has 1 aliphatic rings. The van der Waals surface area contributed by atoms with E-state index in [-0.39, 0.29) is 5.91 Å². The fourth-order valence-corrected chi connectivity index (χ4v) is 3.54. The van der Waals surface area contributed by atoms with Gasteiger partial charge >= 0.3 is 0 Å². The van der Waals surface area contributed by atoms with Gasteiger partial charge in [-0.3, -0.25) is 9.78 Å². The number of amides is 1. The van der Waals surface area contributed by atoms with Gasteiger partial charge in [-0.05, 0) is 48.9 Å². The van der Waals surface area contributed by atoms with Gasteiger partial charge in [0, 0.05) is 24.7 Å². The summed E-state index contributed by atoms with van der Waals surface area (Å²) in [7, 11) is 0. The number of carbonyl (C=O) groups excluding carboxylic acids is 1. The van der Waals surface area contributed by atoms with Crippen molar-refractivity contribution in [2.24, 2.45) is 5.92 Å². The summed E-state index contributed by atoms with van der Waals surface area (Å²) in [5, 5.41) is 1.18. The monoisotopic (exact) mass is 320 g/mol. The largest absolute Gasteiger partial charge is 0.341 e. The molecule has 0 saturated carbocycles. The number of pyridine rings is 1. The highest BCUT2D eigenvalue weighted by molar-refractivity contribution is 5.92. The summed E-state index contributed by atoms with van der Waals surface area (Å²) in [5.74, 6) is 0.555. The highest BCUT2D eigenvalue weighted by Gasteiger charge is 2.25. The third-order valence-corrected chi connectivity index (χ3v) is 4.73. The number of carbonyl (C=O) groups is 1. The van der Waals surface area contributed by atoms with E-state index in [1.165, 1.54) is 10.9 Å². The SMILES string of the molecule is O=C(c1cnc[nH]1)N1CCCC(Cc2ccc3ncccc3c2)C1. The Bertz CT molecular complexity index is 843. The minimum atomic E-state index is 0.0555. The van der Waals surface area contributed by atoms with Crippen LogP contribution in [0.15, 0.2) is 49.1 Å². The highest BCUT2D eigenvalue weighted by atomic mass is 16.2. The van der Waals surface area contributed by atoms with Crippen molar-refractivity contribution in [2.75, 3.05) is 13.1 Å². The molecule has 1 aromatic carbocycles. The summed E-state index contributed by atoms with van der Waals surface area (Å²) in [6, 6.07) is 10.5. The lowest BCUT2D eigenvalue weighted by atomic mass is 9.90. The molecule has 3 aromatic rings. The number of piperidine rings is 1. The molecule has 24 heavy (non-hydrogen) atoms. The van der Waals surface area contributed by atoms with E-state index in [2.05, 4.69) is 39.2 Å². The van der Waals surface area contributed by atoms with Gasteiger partial charge in [0.2, 0.25) is 0 Å². The maximum absolute atomic E-state index is 12.5. The van der Waals surface area contributed by atoms with Gasteiger partial charge in [-0.25, -0.2) is 4.98 Å². The fraction of sp³-hybridized carbons (Fsp3) is 0.316. The third kappa shape index (κ3) is 3.02. The van der Waals surface area contributed by atoms with Crippen LogP contribution in [0.5, 0.6) is 0 Å². The van der Waals surface area contributed by atoms with Crippen molar-refractivity contribution in [3.05, 3.63) is 60.3 Å². The summed E-state index contributed by atoms with van der Waals surface area (Å²) >= 11 is 0. The lowest BCUT2D eigenvalue weighted by molar-refractivity contribution is 0.0668. The predicted octanol–water partition coefficient (Wildman–Crippen LogP) is 3.05. The number of aromatic amines is 1. The molecule has 5 heteroatoms. The normalized spacial score (nSPS) is 18.0. The van der Waals surface area contributed by atoms with Crippen molar-refractivity contribution in [3.8, 4) is 0 Å². The van der Waals surface area contributed by atoms with E-state index in [1.807, 2.05) is 17.2 Å². The summed E-state index contributed by atoms with van der Waals surface area (Å²) in [6.45, 7) is 1.64. The molecule has 1 atom stereocenters. The zero-order chi connectivity index (χ0) is 16.4. The van der Waals surface area contributed by atoms with Crippen molar-refractivity contribution in [1.29, 1.82) is 0 Å². The summed E-state index contributed by atoms with van der Waals surface area (Å²) in [6.07, 6.45) is 8.19. The predicted molar refractivity (Wildman–Crippen MR) is 92.7 cm³/mol. The van der Waals surface area contributed by atoms with Gasteiger partial charge in [-0.15, -0.1) is 0 Å². The quantitative estimate of drug-likeness (QED) is 0.807. The standard InChI is InChI=1S/C19H20N4O/c24-19(18-11-20-13-22-18)23-8-2-3-15(12-23)9-14-5-6-17-16(10-14)4-1-7-21-17/h1,4-7,10-11,13,15H,2-3,8-9,12H2,(H,20,22). The molecule has 0 aliphatic carbocycles. The van der Waals surface area contributed by atoms with E-state index in [0.717, 1.165) is 37.9 Å². The first-order valence-corrected chi connectivity index (χ1v) is 8.41. The lowest BCUT2D eigenvalue weighted by Crippen LogP contribution is -2.40. The number of H-pyrrole nitrogens is 1. The average Bonchev–Trinajstić information content (AvgIpc) is 3.16. The second-order valence-electron chi connectivity index (χ2n) is 6.46. The van der Waals surface area contributed by atoms with Gasteiger partial charge in [-0.2, -0.15) is 0 Å². The molecule has 1 saturated heterocycles. The molecule has 0 bridgehead atoms. The molecule has 3 heterocycles. The number of hydrogen-bond donors (Lipinski definition) is 1. The molecule has 0 radical (unpaired) electrons. The van der Waals surface area contributed by atoms with Crippen molar-refractivity contribution in [2.45, 2.75) is 19.3 Å². The molecule has 1 amide bonds. The smallest absolute Gasteiger partial charge is 0.271 e. The number of nitrogens with zero attached hydrogens (tertiary/aromatic N) is 3. The van der Waals surface area contributed by atoms with E-state index in [4.69, 9.17) is 0 Å². The maximum Gasteiger partial charge on any atom is 0.271 e. The van der Waals surface area contributed by atoms with Crippen LogP contribution < -0.4 is 0 Å². The van der Waals surface area contributed by atoms with Crippen molar-refractivity contribution >= 4 is 16.8 Å². The van der Waals surface area contributed by atoms with Crippen LogP contribution in [0.3, 0.4) is 0 Å². The van der Waals surface area contributed by atoms with E-state index < -0.39 is 0 Å². The molecule has 122 valence electrons. The van der Waals surface area contributed by atoms with Crippen molar-refractivity contribution < 1.29 is 4.79 Å². The molecule has 5 nitrogen and oxygen atoms in total. The average molecular weight is 320 g/mol. The molecule has 1 aliphatic heterocycles. The van der Waals surface area contributed by atoms with Crippen LogP contribution in [0.4, 0.5) is 0 Å². The molecule has 0 spiro atoms. The van der Waals surface area contributed by atoms with Crippen LogP contribution >= 0.6 is 0 Å². The minimum absolute atomic E-state index is 0.0555. The first-order valence-electron chi connectivity index (χ1n) is 8.41. The lowest BCUT2D eigenvalue weighted by Gasteiger charge is -2.32. The second-order valence-corrected chi connectivity index (χ2v) is 6.46. The van der Waals surface area contributed by atoms with Gasteiger partial charge < -0.3 is 9.88 Å². The number of likely N-dealkylation sites (tertiary alicyclic amines) is 1. The fourth-order valence-electron chi connectivity index (χ4n) is 3.54. The second kappa shape index (κ2) is 6.43. The maximum atomic E-state index is 12.5. The minimum Gasteiger partial charge on any atom is -0.341 e. The van der Waals surface area contributed by atoms with Gasteiger partial charge in [-0.1, -0.05) is 12.1 Å². The number of nitrogens with one attached hydrogen (secondary N) is 1. The van der Waals surface area contributed by atoms with Crippen molar-refractivity contribution in [1.82, 2.24) is 19.9 Å². The Balaban J connectivity index is 1.46. The Labute approximate surface area is 140 Å². The summed E-state index contributed by atoms with van der Waals surface area (Å²) < 4.78 is 0. The Morgan fingerprint density at radius 2 is 2.29 bits per heavy atom. The summed E-state index contributed by atoms with van der Waals surface area (Å²) in [4.78, 5) is 25.7. The number of rotatable bonds is 3. The number of fused-ring (bicyclic) bond motifs is 1. The first-order chi connectivity index (χ1) is 11.8. The Hall–Kier alpha value is -2.69. The van der Waals surface area contributed by atoms with Crippen LogP contribution in [0.1, 0.15) is 28.9 Å². The molecule has 4 rings (SSSR count). The molecule has 1 fully saturated rings. The zero-order valence-electron chi connectivity index (χ0n) is 13.5. The van der Waals surface area contributed by atoms with Gasteiger partial charge in [0.1, 0.15) is 5.69 Å². The third-order valence-electron chi connectivity index (χ3n) is 4.73. The van der Waals surface area contributed by atoms with Crippen molar-refractivity contribution in [3.63, 3.8) is 0 Å². The Morgan fingerprint density at radius 3 is 3.17 bits per heavy atom.